The summed E-state index contributed by atoms with van der Waals surface area (Å²) >= 11 is 0. The number of carbonyl (C=O) groups is 1. The largest absolute Gasteiger partial charge is 0.478 e. The molecule has 1 aromatic heterocycles. The van der Waals surface area contributed by atoms with Crippen molar-refractivity contribution in [1.29, 1.82) is 0 Å². The molecule has 1 unspecified atom stereocenters. The Morgan fingerprint density at radius 2 is 2.35 bits per heavy atom. The van der Waals surface area contributed by atoms with Crippen LogP contribution in [0.3, 0.4) is 0 Å². The number of nitrogens with zero attached hydrogens (tertiary/aromatic N) is 2. The molecule has 2 N–H and O–H groups in total. The molecule has 17 heavy (non-hydrogen) atoms. The molecule has 0 amide bonds. The van der Waals surface area contributed by atoms with Crippen molar-refractivity contribution < 1.29 is 15.0 Å². The molecule has 0 radical (unpaired) electrons. The van der Waals surface area contributed by atoms with Crippen LogP contribution in [0.25, 0.3) is 0 Å². The van der Waals surface area contributed by atoms with E-state index in [-0.39, 0.29) is 5.57 Å². The van der Waals surface area contributed by atoms with Crippen LogP contribution in [0.1, 0.15) is 5.69 Å². The minimum absolute atomic E-state index is 0.236. The third-order valence-corrected chi connectivity index (χ3v) is 2.62. The second-order valence-corrected chi connectivity index (χ2v) is 4.06. The number of aliphatic hydroxyl groups excluding tert-OH is 1. The highest BCUT2D eigenvalue weighted by atomic mass is 16.4. The number of hydrogen-bond acceptors (Lipinski definition) is 4. The van der Waals surface area contributed by atoms with Gasteiger partial charge in [0.05, 0.1) is 11.8 Å². The van der Waals surface area contributed by atoms with Crippen LogP contribution in [0.5, 0.6) is 0 Å². The standard InChI is InChI=1S/C12H14N2O3/c15-11-5-9(12(16)17)6-14(8-11)7-10-3-1-2-4-13-10/h1-5,11,15H,6-8H2,(H,16,17). The van der Waals surface area contributed by atoms with Gasteiger partial charge in [-0.05, 0) is 18.2 Å². The van der Waals surface area contributed by atoms with Crippen LogP contribution in [0.2, 0.25) is 0 Å². The van der Waals surface area contributed by atoms with E-state index in [0.29, 0.717) is 19.6 Å². The number of carboxylic acids is 1. The van der Waals surface area contributed by atoms with Gasteiger partial charge in [-0.2, -0.15) is 0 Å². The molecule has 90 valence electrons. The molecule has 1 aromatic rings. The fraction of sp³-hybridized carbons (Fsp3) is 0.333. The average molecular weight is 234 g/mol. The summed E-state index contributed by atoms with van der Waals surface area (Å²) in [6.45, 7) is 1.32. The van der Waals surface area contributed by atoms with Crippen LogP contribution in [0.15, 0.2) is 36.0 Å². The first kappa shape index (κ1) is 11.8. The van der Waals surface area contributed by atoms with Gasteiger partial charge >= 0.3 is 5.97 Å². The van der Waals surface area contributed by atoms with E-state index in [4.69, 9.17) is 5.11 Å². The summed E-state index contributed by atoms with van der Waals surface area (Å²) in [4.78, 5) is 16.9. The van der Waals surface area contributed by atoms with Crippen molar-refractivity contribution >= 4 is 5.97 Å². The zero-order valence-corrected chi connectivity index (χ0v) is 9.28. The Morgan fingerprint density at radius 1 is 1.53 bits per heavy atom. The van der Waals surface area contributed by atoms with E-state index in [0.717, 1.165) is 5.69 Å². The number of pyridine rings is 1. The van der Waals surface area contributed by atoms with Crippen molar-refractivity contribution in [2.75, 3.05) is 13.1 Å². The summed E-state index contributed by atoms with van der Waals surface area (Å²) in [5.41, 5.74) is 1.10. The van der Waals surface area contributed by atoms with Gasteiger partial charge in [0.1, 0.15) is 0 Å². The predicted octanol–water partition coefficient (Wildman–Crippen LogP) is 0.269. The van der Waals surface area contributed by atoms with Gasteiger partial charge in [-0.15, -0.1) is 0 Å². The second-order valence-electron chi connectivity index (χ2n) is 4.06. The number of β-amino-alcohol motifs (C(OH)–C–C–N with tert-alkyl or cyclic N) is 1. The highest BCUT2D eigenvalue weighted by Gasteiger charge is 2.22. The fourth-order valence-electron chi connectivity index (χ4n) is 1.89. The molecule has 0 saturated carbocycles. The molecule has 0 fully saturated rings. The van der Waals surface area contributed by atoms with Crippen molar-refractivity contribution in [2.24, 2.45) is 0 Å². The molecule has 2 rings (SSSR count). The lowest BCUT2D eigenvalue weighted by atomic mass is 10.1. The van der Waals surface area contributed by atoms with Crippen LogP contribution < -0.4 is 0 Å². The van der Waals surface area contributed by atoms with Crippen molar-refractivity contribution in [3.63, 3.8) is 0 Å². The molecular formula is C12H14N2O3. The minimum atomic E-state index is -0.977. The van der Waals surface area contributed by atoms with E-state index >= 15 is 0 Å². The number of carboxylic acid groups (broad SMARTS) is 1. The SMILES string of the molecule is O=C(O)C1=CC(O)CN(Cc2ccccn2)C1. The molecule has 5 nitrogen and oxygen atoms in total. The maximum atomic E-state index is 10.9. The van der Waals surface area contributed by atoms with Gasteiger partial charge in [0.25, 0.3) is 0 Å². The quantitative estimate of drug-likeness (QED) is 0.785. The summed E-state index contributed by atoms with van der Waals surface area (Å²) in [7, 11) is 0. The van der Waals surface area contributed by atoms with Gasteiger partial charge in [0.15, 0.2) is 0 Å². The predicted molar refractivity (Wildman–Crippen MR) is 61.2 cm³/mol. The lowest BCUT2D eigenvalue weighted by Gasteiger charge is -2.28. The van der Waals surface area contributed by atoms with Crippen LogP contribution in [0.4, 0.5) is 0 Å². The van der Waals surface area contributed by atoms with Crippen molar-refractivity contribution in [2.45, 2.75) is 12.6 Å². The topological polar surface area (TPSA) is 73.7 Å². The highest BCUT2D eigenvalue weighted by Crippen LogP contribution is 2.13. The fourth-order valence-corrected chi connectivity index (χ4v) is 1.89. The third kappa shape index (κ3) is 3.12. The lowest BCUT2D eigenvalue weighted by molar-refractivity contribution is -0.133. The van der Waals surface area contributed by atoms with Crippen LogP contribution in [-0.4, -0.2) is 45.3 Å². The Balaban J connectivity index is 2.04. The van der Waals surface area contributed by atoms with E-state index < -0.39 is 12.1 Å². The molecular weight excluding hydrogens is 220 g/mol. The zero-order valence-electron chi connectivity index (χ0n) is 9.28. The molecule has 0 saturated heterocycles. The Labute approximate surface area is 99.0 Å². The van der Waals surface area contributed by atoms with E-state index in [1.807, 2.05) is 23.1 Å². The molecule has 0 aliphatic carbocycles. The first-order valence-corrected chi connectivity index (χ1v) is 5.39. The maximum Gasteiger partial charge on any atom is 0.332 e. The van der Waals surface area contributed by atoms with Gasteiger partial charge < -0.3 is 10.2 Å². The molecule has 0 aromatic carbocycles. The normalized spacial score (nSPS) is 21.0. The summed E-state index contributed by atoms with van der Waals surface area (Å²) in [5, 5.41) is 18.5. The van der Waals surface area contributed by atoms with Crippen LogP contribution >= 0.6 is 0 Å². The number of hydrogen-bond donors (Lipinski definition) is 2. The Hall–Kier alpha value is -1.72. The van der Waals surface area contributed by atoms with Crippen LogP contribution in [0, 0.1) is 0 Å². The van der Waals surface area contributed by atoms with Gasteiger partial charge in [-0.25, -0.2) is 4.79 Å². The Bertz CT molecular complexity index is 431. The molecule has 1 aliphatic heterocycles. The maximum absolute atomic E-state index is 10.9. The van der Waals surface area contributed by atoms with E-state index in [1.54, 1.807) is 6.20 Å². The van der Waals surface area contributed by atoms with Crippen molar-refractivity contribution in [3.8, 4) is 0 Å². The smallest absolute Gasteiger partial charge is 0.332 e. The van der Waals surface area contributed by atoms with Crippen molar-refractivity contribution in [3.05, 3.63) is 41.7 Å². The molecule has 1 atom stereocenters. The zero-order chi connectivity index (χ0) is 12.3. The van der Waals surface area contributed by atoms with E-state index in [9.17, 15) is 9.90 Å². The van der Waals surface area contributed by atoms with Gasteiger partial charge in [-0.3, -0.25) is 9.88 Å². The van der Waals surface area contributed by atoms with E-state index in [1.165, 1.54) is 6.08 Å². The van der Waals surface area contributed by atoms with Gasteiger partial charge in [0, 0.05) is 31.4 Å². The number of aliphatic hydroxyl groups is 1. The Kier molecular flexibility index (Phi) is 3.51. The number of aromatic nitrogens is 1. The monoisotopic (exact) mass is 234 g/mol. The van der Waals surface area contributed by atoms with Crippen LogP contribution in [-0.2, 0) is 11.3 Å². The highest BCUT2D eigenvalue weighted by molar-refractivity contribution is 5.87. The summed E-state index contributed by atoms with van der Waals surface area (Å²) < 4.78 is 0. The summed E-state index contributed by atoms with van der Waals surface area (Å²) in [5.74, 6) is -0.977. The summed E-state index contributed by atoms with van der Waals surface area (Å²) in [6, 6.07) is 5.60. The second kappa shape index (κ2) is 5.07. The molecule has 2 heterocycles. The number of aliphatic carboxylic acids is 1. The van der Waals surface area contributed by atoms with Gasteiger partial charge in [0.2, 0.25) is 0 Å². The minimum Gasteiger partial charge on any atom is -0.478 e. The molecule has 0 bridgehead atoms. The van der Waals surface area contributed by atoms with Gasteiger partial charge in [-0.1, -0.05) is 6.07 Å². The average Bonchev–Trinajstić information content (AvgIpc) is 2.29. The lowest BCUT2D eigenvalue weighted by Crippen LogP contribution is -2.38. The Morgan fingerprint density at radius 3 is 3.00 bits per heavy atom. The first-order valence-electron chi connectivity index (χ1n) is 5.39. The molecule has 5 heteroatoms. The number of rotatable bonds is 3. The summed E-state index contributed by atoms with van der Waals surface area (Å²) in [6.07, 6.45) is 2.37. The third-order valence-electron chi connectivity index (χ3n) is 2.62. The van der Waals surface area contributed by atoms with Crippen molar-refractivity contribution in [1.82, 2.24) is 9.88 Å². The first-order chi connectivity index (χ1) is 8.15. The van der Waals surface area contributed by atoms with E-state index in [2.05, 4.69) is 4.98 Å². The molecule has 1 aliphatic rings. The molecule has 0 spiro atoms.